The predicted molar refractivity (Wildman–Crippen MR) is 219 cm³/mol. The zero-order valence-corrected chi connectivity index (χ0v) is 34.5. The Kier molecular flexibility index (Phi) is 10.9. The molecule has 20 heteroatoms. The number of halogens is 6. The Balaban J connectivity index is 1.17. The van der Waals surface area contributed by atoms with Crippen molar-refractivity contribution in [3.63, 3.8) is 0 Å². The summed E-state index contributed by atoms with van der Waals surface area (Å²) in [6, 6.07) is 17.7. The Bertz CT molecular complexity index is 2990. The van der Waals surface area contributed by atoms with Crippen molar-refractivity contribution in [3.05, 3.63) is 141 Å². The zero-order valence-electron chi connectivity index (χ0n) is 33.7. The Labute approximate surface area is 360 Å². The van der Waals surface area contributed by atoms with E-state index in [0.29, 0.717) is 27.4 Å². The van der Waals surface area contributed by atoms with Crippen LogP contribution in [-0.2, 0) is 38.4 Å². The number of amides is 2. The Morgan fingerprint density at radius 3 is 2.25 bits per heavy atom. The van der Waals surface area contributed by atoms with Crippen molar-refractivity contribution in [2.75, 3.05) is 33.4 Å². The van der Waals surface area contributed by atoms with Gasteiger partial charge in [-0.15, -0.1) is 0 Å². The number of sulfonamides is 1. The molecule has 3 atom stereocenters. The molecule has 1 saturated carbocycles. The molecule has 1 saturated heterocycles. The number of hydrogen-bond acceptors (Lipinski definition) is 8. The van der Waals surface area contributed by atoms with Gasteiger partial charge in [-0.25, -0.2) is 31.0 Å². The quantitative estimate of drug-likeness (QED) is 0.139. The normalized spacial score (nSPS) is 18.4. The first-order valence-corrected chi connectivity index (χ1v) is 21.6. The monoisotopic (exact) mass is 905 g/mol. The van der Waals surface area contributed by atoms with Gasteiger partial charge in [0.25, 0.3) is 23.8 Å². The molecule has 0 radical (unpaired) electrons. The Morgan fingerprint density at radius 1 is 0.922 bits per heavy atom. The number of carbonyl (C=O) groups is 2. The van der Waals surface area contributed by atoms with Gasteiger partial charge >= 0.3 is 0 Å². The third-order valence-corrected chi connectivity index (χ3v) is 13.7. The molecule has 3 aliphatic rings. The van der Waals surface area contributed by atoms with Crippen molar-refractivity contribution in [1.82, 2.24) is 34.3 Å². The summed E-state index contributed by atoms with van der Waals surface area (Å²) in [7, 11) is -2.50. The van der Waals surface area contributed by atoms with E-state index < -0.39 is 87.7 Å². The molecule has 9 rings (SSSR count). The fourth-order valence-corrected chi connectivity index (χ4v) is 10.1. The van der Waals surface area contributed by atoms with Crippen LogP contribution < -0.4 is 16.2 Å². The summed E-state index contributed by atoms with van der Waals surface area (Å²) >= 11 is 0. The molecule has 332 valence electrons. The van der Waals surface area contributed by atoms with Crippen LogP contribution >= 0.6 is 0 Å². The van der Waals surface area contributed by atoms with Gasteiger partial charge in [0.15, 0.2) is 0 Å². The van der Waals surface area contributed by atoms with Gasteiger partial charge < -0.3 is 15.4 Å². The Morgan fingerprint density at radius 2 is 1.59 bits per heavy atom. The number of ether oxygens (including phenoxy) is 1. The van der Waals surface area contributed by atoms with Crippen LogP contribution in [0.3, 0.4) is 0 Å². The minimum absolute atomic E-state index is 0.00178. The number of carbonyl (C=O) groups excluding carboxylic acids is 2. The van der Waals surface area contributed by atoms with Crippen LogP contribution in [0.2, 0.25) is 0 Å². The SMILES string of the molecule is CNC(=O)c1ccc(-c2ccc3c(=O)n(-c4ccc(S(=O)(=O)N5CCOCC5)cc4)c([C@H](Cc4cc(F)cc(F)c4)NC(=O)Cn4nc(C(F)F)c5c4C(F)(F)[C@H]4C[C@@H]54)nc3c2)cc1. The number of benzene rings is 4. The summed E-state index contributed by atoms with van der Waals surface area (Å²) in [6.07, 6.45) is -3.64. The molecule has 2 aliphatic carbocycles. The Hall–Kier alpha value is -6.38. The average Bonchev–Trinajstić information content (AvgIpc) is 3.94. The van der Waals surface area contributed by atoms with E-state index in [4.69, 9.17) is 9.72 Å². The molecule has 13 nitrogen and oxygen atoms in total. The molecule has 3 heterocycles. The highest BCUT2D eigenvalue weighted by molar-refractivity contribution is 7.89. The highest BCUT2D eigenvalue weighted by Gasteiger charge is 2.67. The number of nitrogens with one attached hydrogen (secondary N) is 2. The molecule has 2 fully saturated rings. The lowest BCUT2D eigenvalue weighted by atomic mass is 10.0. The van der Waals surface area contributed by atoms with Crippen molar-refractivity contribution >= 4 is 32.7 Å². The first-order valence-electron chi connectivity index (χ1n) is 20.1. The second kappa shape index (κ2) is 16.3. The van der Waals surface area contributed by atoms with E-state index in [2.05, 4.69) is 15.7 Å². The maximum atomic E-state index is 15.5. The van der Waals surface area contributed by atoms with Crippen LogP contribution in [0.15, 0.2) is 94.6 Å². The van der Waals surface area contributed by atoms with Gasteiger partial charge in [-0.1, -0.05) is 18.2 Å². The maximum Gasteiger partial charge on any atom is 0.293 e. The smallest absolute Gasteiger partial charge is 0.293 e. The number of morpholine rings is 1. The lowest BCUT2D eigenvalue weighted by Crippen LogP contribution is -2.40. The van der Waals surface area contributed by atoms with Crippen LogP contribution in [0.1, 0.15) is 63.5 Å². The number of rotatable bonds is 12. The van der Waals surface area contributed by atoms with Crippen molar-refractivity contribution in [2.45, 2.75) is 48.6 Å². The van der Waals surface area contributed by atoms with Gasteiger partial charge in [0.2, 0.25) is 15.9 Å². The topological polar surface area (TPSA) is 158 Å². The van der Waals surface area contributed by atoms with Crippen molar-refractivity contribution < 1.29 is 49.1 Å². The zero-order chi connectivity index (χ0) is 45.2. The molecule has 0 unspecified atom stereocenters. The van der Waals surface area contributed by atoms with Gasteiger partial charge in [0, 0.05) is 49.7 Å². The second-order valence-corrected chi connectivity index (χ2v) is 17.7. The van der Waals surface area contributed by atoms with Gasteiger partial charge in [0.1, 0.15) is 35.4 Å². The number of aromatic nitrogens is 4. The fourth-order valence-electron chi connectivity index (χ4n) is 8.65. The van der Waals surface area contributed by atoms with Gasteiger partial charge in [-0.3, -0.25) is 23.6 Å². The third kappa shape index (κ3) is 7.72. The molecule has 1 aliphatic heterocycles. The number of fused-ring (bicyclic) bond motifs is 4. The molecule has 6 aromatic rings. The number of nitrogens with zero attached hydrogens (tertiary/aromatic N) is 5. The summed E-state index contributed by atoms with van der Waals surface area (Å²) in [4.78, 5) is 45.8. The summed E-state index contributed by atoms with van der Waals surface area (Å²) in [5.74, 6) is -9.09. The minimum atomic E-state index is -3.99. The van der Waals surface area contributed by atoms with E-state index in [0.717, 1.165) is 16.7 Å². The maximum absolute atomic E-state index is 15.5. The third-order valence-electron chi connectivity index (χ3n) is 11.8. The second-order valence-electron chi connectivity index (χ2n) is 15.8. The number of alkyl halides is 4. The first-order chi connectivity index (χ1) is 30.5. The molecule has 64 heavy (non-hydrogen) atoms. The predicted octanol–water partition coefficient (Wildman–Crippen LogP) is 6.15. The average molecular weight is 906 g/mol. The largest absolute Gasteiger partial charge is 0.379 e. The highest BCUT2D eigenvalue weighted by Crippen LogP contribution is 2.68. The highest BCUT2D eigenvalue weighted by atomic mass is 32.2. The van der Waals surface area contributed by atoms with Gasteiger partial charge in [-0.2, -0.15) is 18.2 Å². The van der Waals surface area contributed by atoms with E-state index in [-0.39, 0.29) is 77.1 Å². The summed E-state index contributed by atoms with van der Waals surface area (Å²) in [5.41, 5.74) is -0.918. The molecule has 4 aromatic carbocycles. The first kappa shape index (κ1) is 42.9. The molecule has 0 spiro atoms. The van der Waals surface area contributed by atoms with Crippen LogP contribution in [0, 0.1) is 17.6 Å². The van der Waals surface area contributed by atoms with Crippen LogP contribution in [-0.4, -0.2) is 77.2 Å². The van der Waals surface area contributed by atoms with Crippen LogP contribution in [0.5, 0.6) is 0 Å². The van der Waals surface area contributed by atoms with E-state index in [1.807, 2.05) is 0 Å². The van der Waals surface area contributed by atoms with E-state index in [9.17, 15) is 40.4 Å². The van der Waals surface area contributed by atoms with E-state index >= 15 is 8.78 Å². The molecular formula is C44H37F6N7O6S. The summed E-state index contributed by atoms with van der Waals surface area (Å²) in [6.45, 7) is -0.337. The standard InChI is InChI=1S/C44H37F6N7O6S/c1-51-42(59)25-4-2-24(3-5-25)26-6-11-31-34(19-26)53-41(57(43(31)60)29-7-9-30(10-8-29)64(61,62)55-12-14-63-15-13-55)35(18-23-16-27(45)20-28(46)17-23)52-36(58)22-56-39-37(38(54-56)40(47)48)32-21-33(32)44(39,49)50/h2-11,16-17,19-20,32-33,35,40H,12-15,18,21-22H2,1H3,(H,51,59)(H,52,58)/t32-,33+,35+/m1/s1. The van der Waals surface area contributed by atoms with Crippen LogP contribution in [0.25, 0.3) is 27.7 Å². The summed E-state index contributed by atoms with van der Waals surface area (Å²) < 4.78 is 124. The number of hydrogen-bond donors (Lipinski definition) is 2. The van der Waals surface area contributed by atoms with Gasteiger partial charge in [0.05, 0.1) is 40.7 Å². The van der Waals surface area contributed by atoms with Crippen molar-refractivity contribution in [2.24, 2.45) is 5.92 Å². The molecule has 2 aromatic heterocycles. The van der Waals surface area contributed by atoms with E-state index in [1.54, 1.807) is 36.4 Å². The lowest BCUT2D eigenvalue weighted by molar-refractivity contribution is -0.123. The summed E-state index contributed by atoms with van der Waals surface area (Å²) in [5, 5.41) is 9.00. The van der Waals surface area contributed by atoms with Crippen molar-refractivity contribution in [3.8, 4) is 16.8 Å². The molecule has 2 N–H and O–H groups in total. The van der Waals surface area contributed by atoms with Gasteiger partial charge in [-0.05, 0) is 89.7 Å². The molecular weight excluding hydrogens is 869 g/mol. The minimum Gasteiger partial charge on any atom is -0.379 e. The molecule has 0 bridgehead atoms. The lowest BCUT2D eigenvalue weighted by Gasteiger charge is -2.26. The fraction of sp³-hybridized carbons (Fsp3) is 0.295. The van der Waals surface area contributed by atoms with Crippen LogP contribution in [0.4, 0.5) is 26.3 Å². The van der Waals surface area contributed by atoms with Crippen molar-refractivity contribution in [1.29, 1.82) is 0 Å². The van der Waals surface area contributed by atoms with E-state index in [1.165, 1.54) is 41.7 Å². The molecule has 2 amide bonds.